The lowest BCUT2D eigenvalue weighted by molar-refractivity contribution is 0.590. The van der Waals surface area contributed by atoms with Crippen molar-refractivity contribution in [3.63, 3.8) is 0 Å². The van der Waals surface area contributed by atoms with Gasteiger partial charge in [0.25, 0.3) is 6.71 Å². The van der Waals surface area contributed by atoms with Gasteiger partial charge in [-0.1, -0.05) is 114 Å². The standard InChI is InChI=1S/C40H36BNS/c1-39(2,3)27-18-15-25(16-19-27)26-17-21-32-34(23-26)42(29-11-8-7-9-12-29)33-14-10-13-30-36-31-24-28(40(4,5)6)20-22-35(31)43-38(36)41(32)37(30)33/h7-24H,1-6H3. The molecule has 0 saturated heterocycles. The highest BCUT2D eigenvalue weighted by molar-refractivity contribution is 7.34. The molecule has 1 aromatic heterocycles. The third-order valence-electron chi connectivity index (χ3n) is 9.41. The summed E-state index contributed by atoms with van der Waals surface area (Å²) < 4.78 is 2.87. The van der Waals surface area contributed by atoms with Crippen molar-refractivity contribution in [2.45, 2.75) is 52.4 Å². The van der Waals surface area contributed by atoms with Crippen LogP contribution in [0, 0.1) is 0 Å². The minimum absolute atomic E-state index is 0.109. The minimum atomic E-state index is 0.109. The van der Waals surface area contributed by atoms with Crippen molar-refractivity contribution in [1.82, 2.24) is 0 Å². The molecule has 2 aliphatic rings. The van der Waals surface area contributed by atoms with Crippen LogP contribution in [0.1, 0.15) is 52.7 Å². The van der Waals surface area contributed by atoms with E-state index >= 15 is 0 Å². The molecule has 1 nitrogen and oxygen atoms in total. The van der Waals surface area contributed by atoms with E-state index in [0.717, 1.165) is 0 Å². The third kappa shape index (κ3) is 4.05. The Morgan fingerprint density at radius 1 is 0.605 bits per heavy atom. The Hall–Kier alpha value is -4.08. The molecule has 0 spiro atoms. The first-order valence-electron chi connectivity index (χ1n) is 15.4. The lowest BCUT2D eigenvalue weighted by Crippen LogP contribution is -2.54. The molecule has 2 aliphatic heterocycles. The van der Waals surface area contributed by atoms with Crippen LogP contribution < -0.4 is 20.6 Å². The fraction of sp³-hybridized carbons (Fsp3) is 0.200. The van der Waals surface area contributed by atoms with Crippen LogP contribution >= 0.6 is 11.3 Å². The Balaban J connectivity index is 1.37. The maximum atomic E-state index is 2.50. The zero-order chi connectivity index (χ0) is 29.7. The van der Waals surface area contributed by atoms with Gasteiger partial charge < -0.3 is 4.90 Å². The molecule has 8 rings (SSSR count). The van der Waals surface area contributed by atoms with Crippen molar-refractivity contribution >= 4 is 60.9 Å². The Morgan fingerprint density at radius 3 is 2.02 bits per heavy atom. The van der Waals surface area contributed by atoms with Crippen molar-refractivity contribution in [3.05, 3.63) is 120 Å². The predicted molar refractivity (Wildman–Crippen MR) is 189 cm³/mol. The van der Waals surface area contributed by atoms with Gasteiger partial charge in [-0.15, -0.1) is 11.3 Å². The first kappa shape index (κ1) is 26.5. The second-order valence-electron chi connectivity index (χ2n) is 14.2. The molecule has 5 aromatic carbocycles. The van der Waals surface area contributed by atoms with Gasteiger partial charge >= 0.3 is 0 Å². The molecule has 0 amide bonds. The SMILES string of the molecule is CC(C)(C)c1ccc(-c2ccc3c(c2)N(c2ccccc2)c2cccc4c2B3c2sc3ccc(C(C)(C)C)cc3c2-4)cc1. The van der Waals surface area contributed by atoms with Gasteiger partial charge in [0.1, 0.15) is 0 Å². The molecule has 0 saturated carbocycles. The first-order valence-corrected chi connectivity index (χ1v) is 16.2. The second-order valence-corrected chi connectivity index (χ2v) is 15.3. The van der Waals surface area contributed by atoms with Gasteiger partial charge in [-0.25, -0.2) is 0 Å². The maximum Gasteiger partial charge on any atom is 0.260 e. The van der Waals surface area contributed by atoms with E-state index in [1.807, 2.05) is 11.3 Å². The number of para-hydroxylation sites is 1. The van der Waals surface area contributed by atoms with Crippen LogP contribution in [-0.2, 0) is 10.8 Å². The van der Waals surface area contributed by atoms with E-state index in [9.17, 15) is 0 Å². The van der Waals surface area contributed by atoms with Crippen LogP contribution in [0.2, 0.25) is 0 Å². The van der Waals surface area contributed by atoms with E-state index < -0.39 is 0 Å². The van der Waals surface area contributed by atoms with Crippen molar-refractivity contribution < 1.29 is 0 Å². The van der Waals surface area contributed by atoms with E-state index in [4.69, 9.17) is 0 Å². The average molecular weight is 574 g/mol. The summed E-state index contributed by atoms with van der Waals surface area (Å²) in [6, 6.07) is 41.3. The van der Waals surface area contributed by atoms with Crippen LogP contribution in [0.3, 0.4) is 0 Å². The highest BCUT2D eigenvalue weighted by Gasteiger charge is 2.44. The quantitative estimate of drug-likeness (QED) is 0.186. The number of nitrogens with zero attached hydrogens (tertiary/aromatic N) is 1. The van der Waals surface area contributed by atoms with E-state index in [1.165, 1.54) is 76.2 Å². The van der Waals surface area contributed by atoms with Crippen LogP contribution in [0.15, 0.2) is 109 Å². The first-order chi connectivity index (χ1) is 20.6. The number of benzene rings is 5. The van der Waals surface area contributed by atoms with Crippen LogP contribution in [0.4, 0.5) is 17.1 Å². The number of anilines is 3. The van der Waals surface area contributed by atoms with Gasteiger partial charge in [-0.05, 0) is 96.3 Å². The molecule has 0 unspecified atom stereocenters. The topological polar surface area (TPSA) is 3.24 Å². The lowest BCUT2D eigenvalue weighted by Gasteiger charge is -2.36. The fourth-order valence-electron chi connectivity index (χ4n) is 7.07. The number of fused-ring (bicyclic) bond motifs is 7. The highest BCUT2D eigenvalue weighted by Crippen LogP contribution is 2.45. The predicted octanol–water partition coefficient (Wildman–Crippen LogP) is 9.44. The number of hydrogen-bond acceptors (Lipinski definition) is 2. The van der Waals surface area contributed by atoms with E-state index in [1.54, 1.807) is 0 Å². The summed E-state index contributed by atoms with van der Waals surface area (Å²) in [6.07, 6.45) is 0. The molecule has 6 aromatic rings. The molecule has 0 atom stereocenters. The molecule has 0 radical (unpaired) electrons. The van der Waals surface area contributed by atoms with Crippen LogP contribution in [-0.4, -0.2) is 6.71 Å². The van der Waals surface area contributed by atoms with Gasteiger partial charge in [0.05, 0.1) is 0 Å². The summed E-state index contributed by atoms with van der Waals surface area (Å²) in [5.41, 5.74) is 15.0. The second kappa shape index (κ2) is 9.21. The number of thiophene rings is 1. The summed E-state index contributed by atoms with van der Waals surface area (Å²) >= 11 is 1.98. The summed E-state index contributed by atoms with van der Waals surface area (Å²) in [5.74, 6) is 0. The maximum absolute atomic E-state index is 2.50. The van der Waals surface area contributed by atoms with E-state index in [-0.39, 0.29) is 17.5 Å². The van der Waals surface area contributed by atoms with Gasteiger partial charge in [0, 0.05) is 27.1 Å². The molecule has 0 aliphatic carbocycles. The smallest absolute Gasteiger partial charge is 0.260 e. The molecular formula is C40H36BNS. The van der Waals surface area contributed by atoms with Gasteiger partial charge in [-0.3, -0.25) is 0 Å². The van der Waals surface area contributed by atoms with Gasteiger partial charge in [-0.2, -0.15) is 0 Å². The third-order valence-corrected chi connectivity index (χ3v) is 10.6. The highest BCUT2D eigenvalue weighted by atomic mass is 32.1. The normalized spacial score (nSPS) is 13.7. The summed E-state index contributed by atoms with van der Waals surface area (Å²) in [4.78, 5) is 2.50. The van der Waals surface area contributed by atoms with Gasteiger partial charge in [0.15, 0.2) is 0 Å². The minimum Gasteiger partial charge on any atom is -0.311 e. The zero-order valence-electron chi connectivity index (χ0n) is 25.8. The zero-order valence-corrected chi connectivity index (χ0v) is 26.6. The van der Waals surface area contributed by atoms with Crippen molar-refractivity contribution in [1.29, 1.82) is 0 Å². The monoisotopic (exact) mass is 573 g/mol. The molecule has 43 heavy (non-hydrogen) atoms. The Kier molecular flexibility index (Phi) is 5.69. The van der Waals surface area contributed by atoms with Crippen LogP contribution in [0.25, 0.3) is 32.3 Å². The Labute approximate surface area is 259 Å². The summed E-state index contributed by atoms with van der Waals surface area (Å²) in [5, 5.41) is 1.40. The fourth-order valence-corrected chi connectivity index (χ4v) is 8.40. The Bertz CT molecular complexity index is 2040. The molecule has 0 bridgehead atoms. The number of hydrogen-bond donors (Lipinski definition) is 0. The molecule has 3 heteroatoms. The van der Waals surface area contributed by atoms with Crippen molar-refractivity contribution in [2.24, 2.45) is 0 Å². The van der Waals surface area contributed by atoms with E-state index in [0.29, 0.717) is 0 Å². The molecule has 210 valence electrons. The van der Waals surface area contributed by atoms with E-state index in [2.05, 4.69) is 156 Å². The Morgan fingerprint density at radius 2 is 1.30 bits per heavy atom. The van der Waals surface area contributed by atoms with Crippen molar-refractivity contribution in [2.75, 3.05) is 4.90 Å². The number of rotatable bonds is 2. The summed E-state index contributed by atoms with van der Waals surface area (Å²) in [6.45, 7) is 14.0. The molecule has 3 heterocycles. The molecule has 0 fully saturated rings. The largest absolute Gasteiger partial charge is 0.311 e. The van der Waals surface area contributed by atoms with Crippen molar-refractivity contribution in [3.8, 4) is 22.3 Å². The van der Waals surface area contributed by atoms with Gasteiger partial charge in [0.2, 0.25) is 0 Å². The molecular weight excluding hydrogens is 537 g/mol. The average Bonchev–Trinajstić information content (AvgIpc) is 3.52. The van der Waals surface area contributed by atoms with Crippen LogP contribution in [0.5, 0.6) is 0 Å². The molecule has 0 N–H and O–H groups in total. The summed E-state index contributed by atoms with van der Waals surface area (Å²) in [7, 11) is 0. The lowest BCUT2D eigenvalue weighted by atomic mass is 9.39.